The van der Waals surface area contributed by atoms with Crippen LogP contribution in [0.5, 0.6) is 11.5 Å². The van der Waals surface area contributed by atoms with Crippen LogP contribution in [0.2, 0.25) is 0 Å². The molecule has 0 spiro atoms. The largest absolute Gasteiger partial charge is 0.497 e. The third-order valence-electron chi connectivity index (χ3n) is 4.61. The van der Waals surface area contributed by atoms with E-state index in [0.29, 0.717) is 30.9 Å². The third kappa shape index (κ3) is 5.03. The second-order valence-electron chi connectivity index (χ2n) is 6.57. The molecule has 0 fully saturated rings. The summed E-state index contributed by atoms with van der Waals surface area (Å²) in [6, 6.07) is 7.47. The van der Waals surface area contributed by atoms with Gasteiger partial charge in [0, 0.05) is 43.5 Å². The summed E-state index contributed by atoms with van der Waals surface area (Å²) < 4.78 is 17.5. The van der Waals surface area contributed by atoms with Gasteiger partial charge in [-0.05, 0) is 31.0 Å². The minimum absolute atomic E-state index is 0.138. The molecule has 2 heterocycles. The number of aromatic nitrogens is 3. The Morgan fingerprint density at radius 1 is 1.10 bits per heavy atom. The number of methoxy groups -OCH3 is 3. The average molecular weight is 398 g/mol. The predicted octanol–water partition coefficient (Wildman–Crippen LogP) is 2.65. The summed E-state index contributed by atoms with van der Waals surface area (Å²) in [7, 11) is 4.91. The fourth-order valence-corrected chi connectivity index (χ4v) is 3.03. The van der Waals surface area contributed by atoms with Crippen LogP contribution in [0.25, 0.3) is 11.0 Å². The van der Waals surface area contributed by atoms with Gasteiger partial charge in [0.2, 0.25) is 0 Å². The number of carbonyl (C=O) groups is 1. The van der Waals surface area contributed by atoms with E-state index in [4.69, 9.17) is 14.2 Å². The molecule has 0 atom stereocenters. The van der Waals surface area contributed by atoms with Crippen LogP contribution in [0.1, 0.15) is 28.8 Å². The fourth-order valence-electron chi connectivity index (χ4n) is 3.03. The van der Waals surface area contributed by atoms with Crippen molar-refractivity contribution in [2.45, 2.75) is 19.4 Å². The lowest BCUT2D eigenvalue weighted by atomic mass is 10.2. The monoisotopic (exact) mass is 398 g/mol. The highest BCUT2D eigenvalue weighted by atomic mass is 16.5. The smallest absolute Gasteiger partial charge is 0.252 e. The second kappa shape index (κ2) is 9.88. The van der Waals surface area contributed by atoms with E-state index in [1.165, 1.54) is 0 Å². The second-order valence-corrected chi connectivity index (χ2v) is 6.57. The summed E-state index contributed by atoms with van der Waals surface area (Å²) in [5.41, 5.74) is 2.18. The first-order valence-electron chi connectivity index (χ1n) is 9.46. The molecule has 0 aliphatic carbocycles. The van der Waals surface area contributed by atoms with E-state index in [1.54, 1.807) is 38.4 Å². The van der Waals surface area contributed by atoms with Crippen molar-refractivity contribution in [1.82, 2.24) is 20.1 Å². The van der Waals surface area contributed by atoms with Crippen molar-refractivity contribution in [2.75, 3.05) is 34.5 Å². The number of carbonyl (C=O) groups excluding carboxylic acids is 1. The zero-order valence-corrected chi connectivity index (χ0v) is 17.0. The number of nitrogens with zero attached hydrogens (tertiary/aromatic N) is 3. The molecule has 0 saturated carbocycles. The molecule has 0 unspecified atom stereocenters. The first-order chi connectivity index (χ1) is 14.2. The molecular weight excluding hydrogens is 372 g/mol. The van der Waals surface area contributed by atoms with Gasteiger partial charge in [0.15, 0.2) is 5.65 Å². The number of unbranched alkanes of at least 4 members (excludes halogenated alkanes) is 1. The Labute approximate surface area is 169 Å². The SMILES string of the molecule is COCCCCNC(=O)c1cnc2c(cnn2Cc2ccc(OC)cc2OC)c1. The Morgan fingerprint density at radius 3 is 2.72 bits per heavy atom. The number of fused-ring (bicyclic) bond motifs is 1. The van der Waals surface area contributed by atoms with Gasteiger partial charge in [-0.1, -0.05) is 0 Å². The molecule has 0 radical (unpaired) electrons. The maximum absolute atomic E-state index is 12.3. The van der Waals surface area contributed by atoms with E-state index in [-0.39, 0.29) is 5.91 Å². The molecule has 0 aliphatic rings. The maximum atomic E-state index is 12.3. The van der Waals surface area contributed by atoms with Crippen molar-refractivity contribution in [1.29, 1.82) is 0 Å². The molecule has 0 aliphatic heterocycles. The van der Waals surface area contributed by atoms with Gasteiger partial charge in [-0.15, -0.1) is 0 Å². The van der Waals surface area contributed by atoms with Crippen LogP contribution >= 0.6 is 0 Å². The van der Waals surface area contributed by atoms with Crippen molar-refractivity contribution in [3.8, 4) is 11.5 Å². The summed E-state index contributed by atoms with van der Waals surface area (Å²) in [6.45, 7) is 1.80. The molecule has 154 valence electrons. The van der Waals surface area contributed by atoms with Crippen LogP contribution in [-0.2, 0) is 11.3 Å². The molecule has 1 amide bonds. The molecule has 1 N–H and O–H groups in total. The zero-order valence-electron chi connectivity index (χ0n) is 17.0. The number of ether oxygens (including phenoxy) is 3. The lowest BCUT2D eigenvalue weighted by Gasteiger charge is -2.11. The number of amides is 1. The Balaban J connectivity index is 1.72. The number of nitrogens with one attached hydrogen (secondary N) is 1. The first kappa shape index (κ1) is 20.6. The van der Waals surface area contributed by atoms with Crippen LogP contribution in [-0.4, -0.2) is 55.2 Å². The zero-order chi connectivity index (χ0) is 20.6. The highest BCUT2D eigenvalue weighted by Gasteiger charge is 2.12. The Morgan fingerprint density at radius 2 is 1.97 bits per heavy atom. The molecule has 1 aromatic carbocycles. The highest BCUT2D eigenvalue weighted by Crippen LogP contribution is 2.26. The Kier molecular flexibility index (Phi) is 7.02. The summed E-state index contributed by atoms with van der Waals surface area (Å²) in [5, 5.41) is 8.14. The van der Waals surface area contributed by atoms with E-state index in [2.05, 4.69) is 15.4 Å². The number of benzene rings is 1. The molecule has 29 heavy (non-hydrogen) atoms. The van der Waals surface area contributed by atoms with Gasteiger partial charge in [-0.2, -0.15) is 5.10 Å². The standard InChI is InChI=1S/C21H26N4O4/c1-27-9-5-4-8-22-21(26)17-10-16-13-24-25(20(16)23-12-17)14-15-6-7-18(28-2)11-19(15)29-3/h6-7,10-13H,4-5,8-9,14H2,1-3H3,(H,22,26). The highest BCUT2D eigenvalue weighted by molar-refractivity contribution is 5.96. The molecule has 3 aromatic rings. The summed E-state index contributed by atoms with van der Waals surface area (Å²) in [6.07, 6.45) is 5.08. The van der Waals surface area contributed by atoms with Crippen LogP contribution in [0.15, 0.2) is 36.7 Å². The van der Waals surface area contributed by atoms with Gasteiger partial charge in [0.05, 0.1) is 32.5 Å². The Bertz CT molecular complexity index is 970. The van der Waals surface area contributed by atoms with Gasteiger partial charge in [-0.25, -0.2) is 9.67 Å². The molecule has 0 saturated heterocycles. The predicted molar refractivity (Wildman–Crippen MR) is 110 cm³/mol. The number of hydrogen-bond donors (Lipinski definition) is 1. The third-order valence-corrected chi connectivity index (χ3v) is 4.61. The molecule has 0 bridgehead atoms. The molecule has 2 aromatic heterocycles. The van der Waals surface area contributed by atoms with Gasteiger partial charge < -0.3 is 19.5 Å². The van der Waals surface area contributed by atoms with E-state index in [0.717, 1.165) is 35.3 Å². The molecule has 3 rings (SSSR count). The number of pyridine rings is 1. The lowest BCUT2D eigenvalue weighted by Crippen LogP contribution is -2.24. The van der Waals surface area contributed by atoms with Crippen molar-refractivity contribution < 1.29 is 19.0 Å². The van der Waals surface area contributed by atoms with Gasteiger partial charge >= 0.3 is 0 Å². The topological polar surface area (TPSA) is 87.5 Å². The average Bonchev–Trinajstić information content (AvgIpc) is 3.15. The van der Waals surface area contributed by atoms with E-state index in [1.807, 2.05) is 24.3 Å². The van der Waals surface area contributed by atoms with E-state index < -0.39 is 0 Å². The van der Waals surface area contributed by atoms with E-state index in [9.17, 15) is 4.79 Å². The van der Waals surface area contributed by atoms with Crippen molar-refractivity contribution in [3.63, 3.8) is 0 Å². The minimum Gasteiger partial charge on any atom is -0.497 e. The molecule has 8 heteroatoms. The molecule has 8 nitrogen and oxygen atoms in total. The summed E-state index contributed by atoms with van der Waals surface area (Å²) in [4.78, 5) is 16.8. The van der Waals surface area contributed by atoms with Crippen LogP contribution in [0, 0.1) is 0 Å². The van der Waals surface area contributed by atoms with E-state index >= 15 is 0 Å². The van der Waals surface area contributed by atoms with Crippen LogP contribution < -0.4 is 14.8 Å². The molecular formula is C21H26N4O4. The fraction of sp³-hybridized carbons (Fsp3) is 0.381. The maximum Gasteiger partial charge on any atom is 0.252 e. The van der Waals surface area contributed by atoms with Crippen LogP contribution in [0.4, 0.5) is 0 Å². The Hall–Kier alpha value is -3.13. The number of hydrogen-bond acceptors (Lipinski definition) is 6. The minimum atomic E-state index is -0.138. The number of rotatable bonds is 10. The van der Waals surface area contributed by atoms with Crippen molar-refractivity contribution >= 4 is 16.9 Å². The van der Waals surface area contributed by atoms with Crippen molar-refractivity contribution in [3.05, 3.63) is 47.8 Å². The van der Waals surface area contributed by atoms with Gasteiger partial charge in [0.25, 0.3) is 5.91 Å². The van der Waals surface area contributed by atoms with Crippen molar-refractivity contribution in [2.24, 2.45) is 0 Å². The van der Waals surface area contributed by atoms with Gasteiger partial charge in [0.1, 0.15) is 11.5 Å². The quantitative estimate of drug-likeness (QED) is 0.528. The van der Waals surface area contributed by atoms with Crippen LogP contribution in [0.3, 0.4) is 0 Å². The first-order valence-corrected chi connectivity index (χ1v) is 9.46. The normalized spacial score (nSPS) is 10.9. The van der Waals surface area contributed by atoms with Gasteiger partial charge in [-0.3, -0.25) is 4.79 Å². The summed E-state index contributed by atoms with van der Waals surface area (Å²) >= 11 is 0. The lowest BCUT2D eigenvalue weighted by molar-refractivity contribution is 0.0951. The summed E-state index contributed by atoms with van der Waals surface area (Å²) in [5.74, 6) is 1.31.